The summed E-state index contributed by atoms with van der Waals surface area (Å²) >= 11 is 0. The molecule has 18 heavy (non-hydrogen) atoms. The van der Waals surface area contributed by atoms with Crippen molar-refractivity contribution in [3.63, 3.8) is 0 Å². The fraction of sp³-hybridized carbons (Fsp3) is 0.846. The summed E-state index contributed by atoms with van der Waals surface area (Å²) in [6, 6.07) is -0.784. The molecule has 0 aromatic rings. The van der Waals surface area contributed by atoms with E-state index >= 15 is 0 Å². The molecule has 1 fully saturated rings. The number of amides is 1. The van der Waals surface area contributed by atoms with Gasteiger partial charge in [-0.3, -0.25) is 4.79 Å². The van der Waals surface area contributed by atoms with Gasteiger partial charge in [0, 0.05) is 6.54 Å². The van der Waals surface area contributed by atoms with Gasteiger partial charge in [-0.25, -0.2) is 4.79 Å². The van der Waals surface area contributed by atoms with Crippen molar-refractivity contribution in [2.45, 2.75) is 57.9 Å². The largest absolute Gasteiger partial charge is 0.480 e. The Morgan fingerprint density at radius 1 is 1.33 bits per heavy atom. The molecule has 1 unspecified atom stereocenters. The zero-order valence-corrected chi connectivity index (χ0v) is 11.1. The molecule has 5 heteroatoms. The molecule has 0 radical (unpaired) electrons. The van der Waals surface area contributed by atoms with E-state index in [9.17, 15) is 9.59 Å². The normalized spacial score (nSPS) is 20.1. The summed E-state index contributed by atoms with van der Waals surface area (Å²) in [5, 5.41) is 11.7. The standard InChI is InChI=1S/C13H24N2O3/c1-2-6-10(11(16)17)15-12(18)13(9-14)7-4-3-5-8-13/h10H,2-9,14H2,1H3,(H,15,18)(H,16,17). The van der Waals surface area contributed by atoms with Crippen molar-refractivity contribution in [2.75, 3.05) is 6.54 Å². The van der Waals surface area contributed by atoms with E-state index in [1.165, 1.54) is 0 Å². The van der Waals surface area contributed by atoms with Crippen molar-refractivity contribution in [1.82, 2.24) is 5.32 Å². The molecule has 4 N–H and O–H groups in total. The maximum Gasteiger partial charge on any atom is 0.326 e. The highest BCUT2D eigenvalue weighted by molar-refractivity contribution is 5.87. The van der Waals surface area contributed by atoms with Crippen LogP contribution in [-0.2, 0) is 9.59 Å². The number of carboxylic acids is 1. The molecule has 1 rings (SSSR count). The summed E-state index contributed by atoms with van der Waals surface area (Å²) in [4.78, 5) is 23.3. The summed E-state index contributed by atoms with van der Waals surface area (Å²) in [6.45, 7) is 2.21. The number of nitrogens with one attached hydrogen (secondary N) is 1. The fourth-order valence-corrected chi connectivity index (χ4v) is 2.61. The van der Waals surface area contributed by atoms with Crippen LogP contribution in [0.5, 0.6) is 0 Å². The highest BCUT2D eigenvalue weighted by Crippen LogP contribution is 2.35. The Morgan fingerprint density at radius 2 is 1.94 bits per heavy atom. The van der Waals surface area contributed by atoms with Gasteiger partial charge >= 0.3 is 5.97 Å². The fourth-order valence-electron chi connectivity index (χ4n) is 2.61. The van der Waals surface area contributed by atoms with E-state index in [0.29, 0.717) is 13.0 Å². The third-order valence-electron chi connectivity index (χ3n) is 3.86. The number of aliphatic carboxylic acids is 1. The maximum atomic E-state index is 12.3. The average molecular weight is 256 g/mol. The van der Waals surface area contributed by atoms with Crippen LogP contribution >= 0.6 is 0 Å². The minimum atomic E-state index is -0.965. The first-order chi connectivity index (χ1) is 8.55. The van der Waals surface area contributed by atoms with Crippen molar-refractivity contribution >= 4 is 11.9 Å². The minimum Gasteiger partial charge on any atom is -0.480 e. The maximum absolute atomic E-state index is 12.3. The van der Waals surface area contributed by atoms with Gasteiger partial charge in [-0.15, -0.1) is 0 Å². The highest BCUT2D eigenvalue weighted by atomic mass is 16.4. The Balaban J connectivity index is 2.68. The predicted molar refractivity (Wildman–Crippen MR) is 69.0 cm³/mol. The van der Waals surface area contributed by atoms with Gasteiger partial charge in [0.25, 0.3) is 0 Å². The summed E-state index contributed by atoms with van der Waals surface area (Å²) in [6.07, 6.45) is 5.86. The van der Waals surface area contributed by atoms with Crippen molar-refractivity contribution in [3.8, 4) is 0 Å². The highest BCUT2D eigenvalue weighted by Gasteiger charge is 2.39. The smallest absolute Gasteiger partial charge is 0.326 e. The van der Waals surface area contributed by atoms with E-state index in [2.05, 4.69) is 5.32 Å². The third-order valence-corrected chi connectivity index (χ3v) is 3.86. The first-order valence-corrected chi connectivity index (χ1v) is 6.79. The van der Waals surface area contributed by atoms with Crippen LogP contribution in [0.25, 0.3) is 0 Å². The second kappa shape index (κ2) is 6.73. The molecular formula is C13H24N2O3. The molecule has 1 saturated carbocycles. The lowest BCUT2D eigenvalue weighted by atomic mass is 9.73. The first-order valence-electron chi connectivity index (χ1n) is 6.79. The Labute approximate surface area is 108 Å². The molecule has 0 aromatic carbocycles. The van der Waals surface area contributed by atoms with Crippen molar-refractivity contribution in [1.29, 1.82) is 0 Å². The lowest BCUT2D eigenvalue weighted by molar-refractivity contribution is -0.144. The number of nitrogens with two attached hydrogens (primary N) is 1. The lowest BCUT2D eigenvalue weighted by Crippen LogP contribution is -2.52. The molecule has 5 nitrogen and oxygen atoms in total. The van der Waals surface area contributed by atoms with Crippen LogP contribution in [0, 0.1) is 5.41 Å². The van der Waals surface area contributed by atoms with Gasteiger partial charge in [-0.2, -0.15) is 0 Å². The molecule has 0 spiro atoms. The molecule has 1 atom stereocenters. The van der Waals surface area contributed by atoms with E-state index < -0.39 is 17.4 Å². The minimum absolute atomic E-state index is 0.175. The number of hydrogen-bond donors (Lipinski definition) is 3. The van der Waals surface area contributed by atoms with E-state index in [4.69, 9.17) is 10.8 Å². The van der Waals surface area contributed by atoms with Gasteiger partial charge in [0.05, 0.1) is 5.41 Å². The zero-order valence-electron chi connectivity index (χ0n) is 11.1. The van der Waals surface area contributed by atoms with Crippen LogP contribution in [0.2, 0.25) is 0 Å². The van der Waals surface area contributed by atoms with Gasteiger partial charge in [0.2, 0.25) is 5.91 Å². The van der Waals surface area contributed by atoms with Gasteiger partial charge in [0.1, 0.15) is 6.04 Å². The first kappa shape index (κ1) is 15.0. The van der Waals surface area contributed by atoms with E-state index in [1.807, 2.05) is 6.92 Å². The molecule has 0 saturated heterocycles. The van der Waals surface area contributed by atoms with Gasteiger partial charge in [0.15, 0.2) is 0 Å². The molecule has 104 valence electrons. The molecule has 0 bridgehead atoms. The number of carbonyl (C=O) groups is 2. The van der Waals surface area contributed by atoms with Gasteiger partial charge < -0.3 is 16.2 Å². The molecule has 1 amide bonds. The molecule has 1 aliphatic carbocycles. The number of rotatable bonds is 6. The van der Waals surface area contributed by atoms with Gasteiger partial charge in [-0.1, -0.05) is 32.6 Å². The molecule has 1 aliphatic rings. The van der Waals surface area contributed by atoms with Crippen LogP contribution < -0.4 is 11.1 Å². The number of carbonyl (C=O) groups excluding carboxylic acids is 1. The Morgan fingerprint density at radius 3 is 2.39 bits per heavy atom. The Hall–Kier alpha value is -1.10. The quantitative estimate of drug-likeness (QED) is 0.667. The summed E-state index contributed by atoms with van der Waals surface area (Å²) in [5.41, 5.74) is 5.21. The van der Waals surface area contributed by atoms with Crippen LogP contribution in [0.3, 0.4) is 0 Å². The summed E-state index contributed by atoms with van der Waals surface area (Å²) in [7, 11) is 0. The number of carboxylic acid groups (broad SMARTS) is 1. The third kappa shape index (κ3) is 3.45. The van der Waals surface area contributed by atoms with Crippen molar-refractivity contribution in [2.24, 2.45) is 11.1 Å². The van der Waals surface area contributed by atoms with Crippen LogP contribution in [0.4, 0.5) is 0 Å². The predicted octanol–water partition coefficient (Wildman–Crippen LogP) is 1.27. The zero-order chi connectivity index (χ0) is 13.6. The van der Waals surface area contributed by atoms with E-state index in [1.54, 1.807) is 0 Å². The SMILES string of the molecule is CCCC(NC(=O)C1(CN)CCCCC1)C(=O)O. The topological polar surface area (TPSA) is 92.4 Å². The second-order valence-electron chi connectivity index (χ2n) is 5.20. The van der Waals surface area contributed by atoms with Gasteiger partial charge in [-0.05, 0) is 19.3 Å². The van der Waals surface area contributed by atoms with Crippen molar-refractivity contribution < 1.29 is 14.7 Å². The van der Waals surface area contributed by atoms with E-state index in [-0.39, 0.29) is 5.91 Å². The molecular weight excluding hydrogens is 232 g/mol. The molecule has 0 aliphatic heterocycles. The summed E-state index contributed by atoms with van der Waals surface area (Å²) < 4.78 is 0. The average Bonchev–Trinajstić information content (AvgIpc) is 2.38. The summed E-state index contributed by atoms with van der Waals surface area (Å²) in [5.74, 6) is -1.14. The lowest BCUT2D eigenvalue weighted by Gasteiger charge is -2.35. The Kier molecular flexibility index (Phi) is 5.59. The van der Waals surface area contributed by atoms with Crippen LogP contribution in [-0.4, -0.2) is 29.6 Å². The molecule has 0 heterocycles. The Bertz CT molecular complexity index is 299. The van der Waals surface area contributed by atoms with Crippen molar-refractivity contribution in [3.05, 3.63) is 0 Å². The van der Waals surface area contributed by atoms with Crippen LogP contribution in [0.1, 0.15) is 51.9 Å². The number of hydrogen-bond acceptors (Lipinski definition) is 3. The monoisotopic (exact) mass is 256 g/mol. The second-order valence-corrected chi connectivity index (χ2v) is 5.20. The van der Waals surface area contributed by atoms with Crippen LogP contribution in [0.15, 0.2) is 0 Å². The van der Waals surface area contributed by atoms with E-state index in [0.717, 1.165) is 38.5 Å². The molecule has 0 aromatic heterocycles.